The fourth-order valence-electron chi connectivity index (χ4n) is 2.23. The van der Waals surface area contributed by atoms with Gasteiger partial charge in [0.15, 0.2) is 11.5 Å². The number of amides is 1. The van der Waals surface area contributed by atoms with E-state index in [9.17, 15) is 4.79 Å². The number of carbonyl (C=O) groups excluding carboxylic acids is 1. The average Bonchev–Trinajstić information content (AvgIpc) is 2.94. The van der Waals surface area contributed by atoms with Crippen molar-refractivity contribution in [3.63, 3.8) is 0 Å². The van der Waals surface area contributed by atoms with E-state index in [0.717, 1.165) is 0 Å². The van der Waals surface area contributed by atoms with E-state index in [0.29, 0.717) is 36.8 Å². The molecule has 1 fully saturated rings. The van der Waals surface area contributed by atoms with Crippen LogP contribution in [0.5, 0.6) is 11.5 Å². The molecule has 0 spiro atoms. The zero-order valence-corrected chi connectivity index (χ0v) is 10.4. The summed E-state index contributed by atoms with van der Waals surface area (Å²) in [7, 11) is 0. The van der Waals surface area contributed by atoms with E-state index in [-0.39, 0.29) is 25.4 Å². The quantitative estimate of drug-likeness (QED) is 0.830. The number of aliphatic hydroxyl groups is 1. The second kappa shape index (κ2) is 5.07. The van der Waals surface area contributed by atoms with Crippen LogP contribution < -0.4 is 9.47 Å². The highest BCUT2D eigenvalue weighted by molar-refractivity contribution is 5.95. The van der Waals surface area contributed by atoms with E-state index >= 15 is 0 Å². The van der Waals surface area contributed by atoms with Gasteiger partial charge in [0.25, 0.3) is 5.91 Å². The van der Waals surface area contributed by atoms with Crippen LogP contribution in [-0.2, 0) is 4.74 Å². The zero-order chi connectivity index (χ0) is 13.2. The van der Waals surface area contributed by atoms with Crippen LogP contribution in [0.15, 0.2) is 18.2 Å². The molecule has 0 saturated carbocycles. The van der Waals surface area contributed by atoms with Crippen LogP contribution in [0.2, 0.25) is 0 Å². The molecule has 19 heavy (non-hydrogen) atoms. The number of benzene rings is 1. The third kappa shape index (κ3) is 2.36. The molecule has 1 aromatic rings. The average molecular weight is 265 g/mol. The van der Waals surface area contributed by atoms with Gasteiger partial charge in [-0.2, -0.15) is 0 Å². The number of ether oxygens (including phenoxy) is 3. The third-order valence-corrected chi connectivity index (χ3v) is 3.25. The lowest BCUT2D eigenvalue weighted by molar-refractivity contribution is -0.0447. The van der Waals surface area contributed by atoms with Gasteiger partial charge in [0.2, 0.25) is 6.79 Å². The first kappa shape index (κ1) is 12.3. The van der Waals surface area contributed by atoms with Crippen molar-refractivity contribution in [3.05, 3.63) is 23.8 Å². The van der Waals surface area contributed by atoms with Crippen molar-refractivity contribution >= 4 is 5.91 Å². The van der Waals surface area contributed by atoms with E-state index < -0.39 is 0 Å². The molecule has 1 saturated heterocycles. The molecule has 6 heteroatoms. The van der Waals surface area contributed by atoms with E-state index in [2.05, 4.69) is 0 Å². The number of hydrogen-bond donors (Lipinski definition) is 1. The standard InChI is InChI=1S/C13H15NO5/c15-7-10-6-14(3-4-17-10)13(16)9-1-2-11-12(5-9)19-8-18-11/h1-2,5,10,15H,3-4,6-8H2. The van der Waals surface area contributed by atoms with Gasteiger partial charge >= 0.3 is 0 Å². The van der Waals surface area contributed by atoms with Crippen molar-refractivity contribution in [1.82, 2.24) is 4.90 Å². The number of aliphatic hydroxyl groups excluding tert-OH is 1. The van der Waals surface area contributed by atoms with E-state index in [1.165, 1.54) is 0 Å². The maximum atomic E-state index is 12.4. The minimum absolute atomic E-state index is 0.0785. The highest BCUT2D eigenvalue weighted by Crippen LogP contribution is 2.32. The predicted octanol–water partition coefficient (Wildman–Crippen LogP) is 0.249. The third-order valence-electron chi connectivity index (χ3n) is 3.25. The van der Waals surface area contributed by atoms with Crippen LogP contribution in [-0.4, -0.2) is 55.1 Å². The summed E-state index contributed by atoms with van der Waals surface area (Å²) in [4.78, 5) is 14.0. The molecule has 6 nitrogen and oxygen atoms in total. The minimum atomic E-state index is -0.299. The van der Waals surface area contributed by atoms with Crippen LogP contribution in [0.4, 0.5) is 0 Å². The SMILES string of the molecule is O=C(c1ccc2c(c1)OCO2)N1CCOC(CO)C1. The minimum Gasteiger partial charge on any atom is -0.454 e. The summed E-state index contributed by atoms with van der Waals surface area (Å²) < 4.78 is 15.8. The molecular weight excluding hydrogens is 250 g/mol. The summed E-state index contributed by atoms with van der Waals surface area (Å²) in [5.41, 5.74) is 0.558. The Labute approximate surface area is 110 Å². The van der Waals surface area contributed by atoms with E-state index in [4.69, 9.17) is 19.3 Å². The number of carbonyl (C=O) groups is 1. The Bertz CT molecular complexity index is 490. The lowest BCUT2D eigenvalue weighted by Gasteiger charge is -2.32. The molecule has 2 aliphatic rings. The first-order valence-corrected chi connectivity index (χ1v) is 6.19. The molecule has 0 aromatic heterocycles. The Balaban J connectivity index is 1.76. The van der Waals surface area contributed by atoms with Crippen molar-refractivity contribution < 1.29 is 24.1 Å². The fourth-order valence-corrected chi connectivity index (χ4v) is 2.23. The van der Waals surface area contributed by atoms with Gasteiger partial charge in [0.05, 0.1) is 19.3 Å². The molecule has 2 aliphatic heterocycles. The summed E-state index contributed by atoms with van der Waals surface area (Å²) in [5.74, 6) is 1.17. The first-order valence-electron chi connectivity index (χ1n) is 6.19. The zero-order valence-electron chi connectivity index (χ0n) is 10.4. The molecule has 3 rings (SSSR count). The van der Waals surface area contributed by atoms with Gasteiger partial charge in [-0.15, -0.1) is 0 Å². The fraction of sp³-hybridized carbons (Fsp3) is 0.462. The molecule has 0 aliphatic carbocycles. The number of nitrogens with zero attached hydrogens (tertiary/aromatic N) is 1. The Hall–Kier alpha value is -1.79. The summed E-state index contributed by atoms with van der Waals surface area (Å²) >= 11 is 0. The molecule has 1 amide bonds. The van der Waals surface area contributed by atoms with Crippen molar-refractivity contribution in [1.29, 1.82) is 0 Å². The van der Waals surface area contributed by atoms with Gasteiger partial charge in [0.1, 0.15) is 0 Å². The van der Waals surface area contributed by atoms with Gasteiger partial charge in [0, 0.05) is 18.7 Å². The van der Waals surface area contributed by atoms with E-state index in [1.807, 2.05) is 0 Å². The van der Waals surface area contributed by atoms with Crippen LogP contribution in [0, 0.1) is 0 Å². The Morgan fingerprint density at radius 3 is 3.05 bits per heavy atom. The van der Waals surface area contributed by atoms with Crippen molar-refractivity contribution in [2.24, 2.45) is 0 Å². The molecular formula is C13H15NO5. The number of morpholine rings is 1. The Kier molecular flexibility index (Phi) is 3.27. The largest absolute Gasteiger partial charge is 0.454 e. The number of rotatable bonds is 2. The molecule has 0 radical (unpaired) electrons. The second-order valence-corrected chi connectivity index (χ2v) is 4.49. The van der Waals surface area contributed by atoms with Gasteiger partial charge < -0.3 is 24.2 Å². The Morgan fingerprint density at radius 2 is 2.21 bits per heavy atom. The molecule has 1 aromatic carbocycles. The summed E-state index contributed by atoms with van der Waals surface area (Å²) in [6, 6.07) is 5.15. The maximum absolute atomic E-state index is 12.4. The number of hydrogen-bond acceptors (Lipinski definition) is 5. The summed E-state index contributed by atoms with van der Waals surface area (Å²) in [6.07, 6.45) is -0.299. The van der Waals surface area contributed by atoms with E-state index in [1.54, 1.807) is 23.1 Å². The predicted molar refractivity (Wildman–Crippen MR) is 65.3 cm³/mol. The van der Waals surface area contributed by atoms with Gasteiger partial charge in [-0.1, -0.05) is 0 Å². The number of fused-ring (bicyclic) bond motifs is 1. The lowest BCUT2D eigenvalue weighted by Crippen LogP contribution is -2.46. The van der Waals surface area contributed by atoms with Gasteiger partial charge in [-0.3, -0.25) is 4.79 Å². The Morgan fingerprint density at radius 1 is 1.37 bits per heavy atom. The van der Waals surface area contributed by atoms with Gasteiger partial charge in [-0.25, -0.2) is 0 Å². The van der Waals surface area contributed by atoms with Crippen LogP contribution in [0.1, 0.15) is 10.4 Å². The first-order chi connectivity index (χ1) is 9.28. The van der Waals surface area contributed by atoms with Gasteiger partial charge in [-0.05, 0) is 18.2 Å². The highest BCUT2D eigenvalue weighted by atomic mass is 16.7. The maximum Gasteiger partial charge on any atom is 0.254 e. The molecule has 0 bridgehead atoms. The van der Waals surface area contributed by atoms with Crippen LogP contribution in [0.25, 0.3) is 0 Å². The van der Waals surface area contributed by atoms with Crippen molar-refractivity contribution in [3.8, 4) is 11.5 Å². The summed E-state index contributed by atoms with van der Waals surface area (Å²) in [5, 5.41) is 9.09. The molecule has 1 N–H and O–H groups in total. The normalized spacial score (nSPS) is 21.5. The monoisotopic (exact) mass is 265 g/mol. The smallest absolute Gasteiger partial charge is 0.254 e. The molecule has 102 valence electrons. The topological polar surface area (TPSA) is 68.2 Å². The summed E-state index contributed by atoms with van der Waals surface area (Å²) in [6.45, 7) is 1.50. The molecule has 1 unspecified atom stereocenters. The molecule has 2 heterocycles. The van der Waals surface area contributed by atoms with Crippen molar-refractivity contribution in [2.45, 2.75) is 6.10 Å². The van der Waals surface area contributed by atoms with Crippen LogP contribution in [0.3, 0.4) is 0 Å². The highest BCUT2D eigenvalue weighted by Gasteiger charge is 2.25. The second-order valence-electron chi connectivity index (χ2n) is 4.49. The van der Waals surface area contributed by atoms with Crippen LogP contribution >= 0.6 is 0 Å². The molecule has 1 atom stereocenters. The lowest BCUT2D eigenvalue weighted by atomic mass is 10.1. The van der Waals surface area contributed by atoms with Crippen molar-refractivity contribution in [2.75, 3.05) is 33.1 Å².